The summed E-state index contributed by atoms with van der Waals surface area (Å²) in [4.78, 5) is 44.9. The Morgan fingerprint density at radius 2 is 1.97 bits per heavy atom. The summed E-state index contributed by atoms with van der Waals surface area (Å²) in [5.74, 6) is -0.345. The second kappa shape index (κ2) is 11.5. The number of urea groups is 1. The molecule has 0 aliphatic carbocycles. The van der Waals surface area contributed by atoms with Crippen LogP contribution in [0.4, 0.5) is 4.79 Å². The van der Waals surface area contributed by atoms with Gasteiger partial charge in [-0.05, 0) is 31.9 Å². The topological polar surface area (TPSA) is 82.2 Å². The molecule has 1 aromatic rings. The number of hydrogen-bond acceptors (Lipinski definition) is 5. The summed E-state index contributed by atoms with van der Waals surface area (Å²) >= 11 is 0. The molecule has 0 aromatic heterocycles. The Hall–Kier alpha value is -3.13. The second-order valence-corrected chi connectivity index (χ2v) is 9.49. The van der Waals surface area contributed by atoms with Crippen LogP contribution < -0.4 is 5.32 Å². The fourth-order valence-corrected chi connectivity index (χ4v) is 4.84. The third-order valence-electron chi connectivity index (χ3n) is 6.61. The van der Waals surface area contributed by atoms with Crippen LogP contribution in [0.25, 0.3) is 0 Å². The predicted molar refractivity (Wildman–Crippen MR) is 135 cm³/mol. The highest BCUT2D eigenvalue weighted by molar-refractivity contribution is 5.95. The number of aryl methyl sites for hydroxylation is 1. The molecule has 8 heteroatoms. The number of carbonyl (C=O) groups is 3. The summed E-state index contributed by atoms with van der Waals surface area (Å²) in [6.07, 6.45) is 1.65. The average molecular weight is 483 g/mol. The number of esters is 1. The minimum absolute atomic E-state index is 0.0303. The Morgan fingerprint density at radius 3 is 2.57 bits per heavy atom. The zero-order valence-corrected chi connectivity index (χ0v) is 21.5. The number of rotatable bonds is 8. The van der Waals surface area contributed by atoms with Gasteiger partial charge in [-0.3, -0.25) is 14.6 Å². The van der Waals surface area contributed by atoms with Crippen molar-refractivity contribution >= 4 is 17.9 Å². The van der Waals surface area contributed by atoms with Gasteiger partial charge < -0.3 is 15.0 Å². The smallest absolute Gasteiger partial charge is 0.338 e. The number of amides is 3. The van der Waals surface area contributed by atoms with E-state index in [1.807, 2.05) is 56.9 Å². The van der Waals surface area contributed by atoms with Crippen molar-refractivity contribution in [2.24, 2.45) is 5.92 Å². The van der Waals surface area contributed by atoms with Crippen molar-refractivity contribution in [3.05, 3.63) is 59.3 Å². The molecule has 1 N–H and O–H groups in total. The molecule has 0 unspecified atom stereocenters. The molecule has 35 heavy (non-hydrogen) atoms. The highest BCUT2D eigenvalue weighted by Gasteiger charge is 2.39. The van der Waals surface area contributed by atoms with E-state index in [-0.39, 0.29) is 37.0 Å². The number of carbonyl (C=O) groups excluding carboxylic acids is 3. The molecule has 2 aliphatic heterocycles. The van der Waals surface area contributed by atoms with Gasteiger partial charge in [-0.25, -0.2) is 9.59 Å². The molecular formula is C27H38N4O4. The molecular weight excluding hydrogens is 444 g/mol. The number of piperazine rings is 1. The Balaban J connectivity index is 2.02. The Bertz CT molecular complexity index is 1000. The molecule has 0 spiro atoms. The summed E-state index contributed by atoms with van der Waals surface area (Å²) in [6.45, 7) is 16.2. The number of benzene rings is 1. The molecule has 2 aliphatic rings. The van der Waals surface area contributed by atoms with E-state index < -0.39 is 12.0 Å². The summed E-state index contributed by atoms with van der Waals surface area (Å²) in [5.41, 5.74) is 2.90. The maximum Gasteiger partial charge on any atom is 0.338 e. The molecule has 1 aromatic carbocycles. The summed E-state index contributed by atoms with van der Waals surface area (Å²) in [6, 6.07) is 6.87. The first-order chi connectivity index (χ1) is 16.7. The average Bonchev–Trinajstić information content (AvgIpc) is 2.81. The van der Waals surface area contributed by atoms with Crippen molar-refractivity contribution in [3.63, 3.8) is 0 Å². The van der Waals surface area contributed by atoms with Crippen LogP contribution in [-0.2, 0) is 14.3 Å². The standard InChI is InChI=1S/C27H38N4O4/c1-7-13-31-22(17-29-14-15-30(20(6)16-29)25(32)18(3)4)23(26(33)35-8-2)24(28-27(31)34)21-12-10-9-11-19(21)5/h7,9-12,18,20,24H,1,8,13-17H2,2-6H3,(H,28,34)/t20-,24+/m0/s1. The van der Waals surface area contributed by atoms with Gasteiger partial charge in [0, 0.05) is 50.4 Å². The maximum atomic E-state index is 13.3. The van der Waals surface area contributed by atoms with Crippen LogP contribution in [0.1, 0.15) is 44.9 Å². The highest BCUT2D eigenvalue weighted by Crippen LogP contribution is 2.34. The van der Waals surface area contributed by atoms with Gasteiger partial charge in [-0.2, -0.15) is 0 Å². The Morgan fingerprint density at radius 1 is 1.26 bits per heavy atom. The van der Waals surface area contributed by atoms with E-state index in [0.717, 1.165) is 11.1 Å². The molecule has 8 nitrogen and oxygen atoms in total. The fourth-order valence-electron chi connectivity index (χ4n) is 4.84. The number of nitrogens with zero attached hydrogens (tertiary/aromatic N) is 3. The van der Waals surface area contributed by atoms with E-state index in [1.165, 1.54) is 0 Å². The zero-order valence-electron chi connectivity index (χ0n) is 21.5. The van der Waals surface area contributed by atoms with Crippen molar-refractivity contribution in [3.8, 4) is 0 Å². The maximum absolute atomic E-state index is 13.3. The van der Waals surface area contributed by atoms with Crippen molar-refractivity contribution in [2.75, 3.05) is 39.3 Å². The molecule has 3 rings (SSSR count). The molecule has 0 saturated carbocycles. The van der Waals surface area contributed by atoms with E-state index in [0.29, 0.717) is 37.4 Å². The minimum Gasteiger partial charge on any atom is -0.463 e. The number of ether oxygens (including phenoxy) is 1. The van der Waals surface area contributed by atoms with Crippen LogP contribution in [0.5, 0.6) is 0 Å². The number of nitrogens with one attached hydrogen (secondary N) is 1. The van der Waals surface area contributed by atoms with Crippen LogP contribution in [-0.4, -0.2) is 78.0 Å². The van der Waals surface area contributed by atoms with Crippen molar-refractivity contribution in [1.82, 2.24) is 20.0 Å². The van der Waals surface area contributed by atoms with Gasteiger partial charge in [0.15, 0.2) is 0 Å². The molecule has 190 valence electrons. The van der Waals surface area contributed by atoms with E-state index >= 15 is 0 Å². The van der Waals surface area contributed by atoms with Crippen molar-refractivity contribution in [2.45, 2.75) is 46.7 Å². The van der Waals surface area contributed by atoms with Gasteiger partial charge >= 0.3 is 12.0 Å². The van der Waals surface area contributed by atoms with Crippen LogP contribution in [0, 0.1) is 12.8 Å². The lowest BCUT2D eigenvalue weighted by atomic mass is 9.91. The lowest BCUT2D eigenvalue weighted by molar-refractivity contribution is -0.139. The second-order valence-electron chi connectivity index (χ2n) is 9.49. The van der Waals surface area contributed by atoms with E-state index in [9.17, 15) is 14.4 Å². The quantitative estimate of drug-likeness (QED) is 0.454. The van der Waals surface area contributed by atoms with Crippen molar-refractivity contribution in [1.29, 1.82) is 0 Å². The van der Waals surface area contributed by atoms with Gasteiger partial charge in [0.1, 0.15) is 0 Å². The summed E-state index contributed by atoms with van der Waals surface area (Å²) < 4.78 is 5.48. The van der Waals surface area contributed by atoms with Crippen LogP contribution in [0.3, 0.4) is 0 Å². The molecule has 3 amide bonds. The Labute approximate surface area is 208 Å². The predicted octanol–water partition coefficient (Wildman–Crippen LogP) is 3.25. The first kappa shape index (κ1) is 26.5. The van der Waals surface area contributed by atoms with Crippen LogP contribution >= 0.6 is 0 Å². The Kier molecular flexibility index (Phi) is 8.72. The highest BCUT2D eigenvalue weighted by atomic mass is 16.5. The molecule has 0 radical (unpaired) electrons. The van der Waals surface area contributed by atoms with Gasteiger partial charge in [0.05, 0.1) is 18.2 Å². The van der Waals surface area contributed by atoms with Gasteiger partial charge in [0.25, 0.3) is 0 Å². The third-order valence-corrected chi connectivity index (χ3v) is 6.61. The first-order valence-corrected chi connectivity index (χ1v) is 12.4. The molecule has 0 bridgehead atoms. The first-order valence-electron chi connectivity index (χ1n) is 12.4. The number of hydrogen-bond donors (Lipinski definition) is 1. The molecule has 1 fully saturated rings. The van der Waals surface area contributed by atoms with Crippen molar-refractivity contribution < 1.29 is 19.1 Å². The lowest BCUT2D eigenvalue weighted by Gasteiger charge is -2.43. The normalized spacial score (nSPS) is 21.3. The monoisotopic (exact) mass is 482 g/mol. The van der Waals surface area contributed by atoms with E-state index in [2.05, 4.69) is 16.8 Å². The van der Waals surface area contributed by atoms with Gasteiger partial charge in [0.2, 0.25) is 5.91 Å². The van der Waals surface area contributed by atoms with E-state index in [1.54, 1.807) is 17.9 Å². The third kappa shape index (κ3) is 5.75. The van der Waals surface area contributed by atoms with Gasteiger partial charge in [-0.15, -0.1) is 6.58 Å². The zero-order chi connectivity index (χ0) is 25.7. The largest absolute Gasteiger partial charge is 0.463 e. The SMILES string of the molecule is C=CCN1C(=O)N[C@H](c2ccccc2C)C(C(=O)OCC)=C1CN1CCN(C(=O)C(C)C)[C@@H](C)C1. The van der Waals surface area contributed by atoms with Gasteiger partial charge in [-0.1, -0.05) is 44.2 Å². The van der Waals surface area contributed by atoms with E-state index in [4.69, 9.17) is 4.74 Å². The fraction of sp³-hybridized carbons (Fsp3) is 0.519. The lowest BCUT2D eigenvalue weighted by Crippen LogP contribution is -2.57. The summed E-state index contributed by atoms with van der Waals surface area (Å²) in [5, 5.41) is 3.02. The van der Waals surface area contributed by atoms with Crippen LogP contribution in [0.2, 0.25) is 0 Å². The molecule has 1 saturated heterocycles. The molecule has 2 heterocycles. The molecule has 2 atom stereocenters. The minimum atomic E-state index is -0.611. The van der Waals surface area contributed by atoms with Crippen LogP contribution in [0.15, 0.2) is 48.2 Å². The summed E-state index contributed by atoms with van der Waals surface area (Å²) in [7, 11) is 0.